The van der Waals surface area contributed by atoms with Gasteiger partial charge in [0, 0.05) is 11.6 Å². The van der Waals surface area contributed by atoms with E-state index in [1.54, 1.807) is 12.1 Å². The molecule has 0 aliphatic rings. The lowest BCUT2D eigenvalue weighted by Crippen LogP contribution is -2.32. The highest BCUT2D eigenvalue weighted by molar-refractivity contribution is 7.98. The predicted molar refractivity (Wildman–Crippen MR) is 112 cm³/mol. The van der Waals surface area contributed by atoms with E-state index in [0.717, 1.165) is 10.7 Å². The second kappa shape index (κ2) is 9.09. The molecule has 3 rings (SSSR count). The SMILES string of the molecule is CCn1c(SC)nnc1C(Cc1ccccc1)NS(=O)(=O)c1ccc(Cl)cc1. The minimum atomic E-state index is -3.76. The Morgan fingerprint density at radius 1 is 1.11 bits per heavy atom. The van der Waals surface area contributed by atoms with Crippen LogP contribution < -0.4 is 4.72 Å². The van der Waals surface area contributed by atoms with E-state index in [1.807, 2.05) is 48.1 Å². The number of hydrogen-bond donors (Lipinski definition) is 1. The molecule has 1 aromatic heterocycles. The molecule has 0 saturated carbocycles. The van der Waals surface area contributed by atoms with Gasteiger partial charge >= 0.3 is 0 Å². The van der Waals surface area contributed by atoms with Crippen LogP contribution in [0.5, 0.6) is 0 Å². The van der Waals surface area contributed by atoms with Crippen LogP contribution in [-0.4, -0.2) is 29.4 Å². The molecule has 148 valence electrons. The Balaban J connectivity index is 1.99. The second-order valence-corrected chi connectivity index (χ2v) is 9.03. The van der Waals surface area contributed by atoms with Crippen molar-refractivity contribution >= 4 is 33.4 Å². The first kappa shape index (κ1) is 20.9. The van der Waals surface area contributed by atoms with Crippen molar-refractivity contribution in [2.24, 2.45) is 0 Å². The van der Waals surface area contributed by atoms with Crippen molar-refractivity contribution in [3.63, 3.8) is 0 Å². The minimum absolute atomic E-state index is 0.155. The molecular formula is C19H21ClN4O2S2. The largest absolute Gasteiger partial charge is 0.305 e. The maximum atomic E-state index is 13.0. The number of benzene rings is 2. The van der Waals surface area contributed by atoms with Crippen molar-refractivity contribution in [3.05, 3.63) is 71.0 Å². The molecule has 0 radical (unpaired) electrons. The van der Waals surface area contributed by atoms with Crippen LogP contribution in [0.2, 0.25) is 5.02 Å². The fraction of sp³-hybridized carbons (Fsp3) is 0.263. The third-order valence-corrected chi connectivity index (χ3v) is 6.67. The van der Waals surface area contributed by atoms with Crippen LogP contribution in [0.3, 0.4) is 0 Å². The van der Waals surface area contributed by atoms with Gasteiger partial charge in [-0.15, -0.1) is 10.2 Å². The summed E-state index contributed by atoms with van der Waals surface area (Å²) in [6.45, 7) is 2.63. The van der Waals surface area contributed by atoms with Crippen LogP contribution in [0.1, 0.15) is 24.4 Å². The first-order valence-corrected chi connectivity index (χ1v) is 11.8. The number of thioether (sulfide) groups is 1. The summed E-state index contributed by atoms with van der Waals surface area (Å²) in [5.41, 5.74) is 1.00. The summed E-state index contributed by atoms with van der Waals surface area (Å²) in [4.78, 5) is 0.155. The Kier molecular flexibility index (Phi) is 6.77. The molecule has 6 nitrogen and oxygen atoms in total. The summed E-state index contributed by atoms with van der Waals surface area (Å²) < 4.78 is 30.7. The Hall–Kier alpha value is -1.87. The van der Waals surface area contributed by atoms with E-state index in [-0.39, 0.29) is 4.90 Å². The molecule has 1 N–H and O–H groups in total. The smallest absolute Gasteiger partial charge is 0.241 e. The highest BCUT2D eigenvalue weighted by Gasteiger charge is 2.26. The quantitative estimate of drug-likeness (QED) is 0.541. The maximum Gasteiger partial charge on any atom is 0.241 e. The molecule has 9 heteroatoms. The predicted octanol–water partition coefficient (Wildman–Crippen LogP) is 3.94. The highest BCUT2D eigenvalue weighted by atomic mass is 35.5. The number of nitrogens with zero attached hydrogens (tertiary/aromatic N) is 3. The topological polar surface area (TPSA) is 76.9 Å². The monoisotopic (exact) mass is 436 g/mol. The van der Waals surface area contributed by atoms with Crippen LogP contribution in [0, 0.1) is 0 Å². The zero-order chi connectivity index (χ0) is 20.1. The molecule has 0 spiro atoms. The fourth-order valence-corrected chi connectivity index (χ4v) is 4.80. The van der Waals surface area contributed by atoms with Crippen LogP contribution in [0.25, 0.3) is 0 Å². The van der Waals surface area contributed by atoms with Crippen LogP contribution in [0.15, 0.2) is 64.6 Å². The van der Waals surface area contributed by atoms with Gasteiger partial charge in [0.2, 0.25) is 10.0 Å². The Morgan fingerprint density at radius 2 is 1.79 bits per heavy atom. The number of halogens is 1. The van der Waals surface area contributed by atoms with Crippen molar-refractivity contribution in [2.45, 2.75) is 36.0 Å². The Bertz CT molecular complexity index is 1020. The van der Waals surface area contributed by atoms with Crippen LogP contribution in [0.4, 0.5) is 0 Å². The van der Waals surface area contributed by atoms with Gasteiger partial charge in [0.15, 0.2) is 11.0 Å². The van der Waals surface area contributed by atoms with Gasteiger partial charge in [-0.05, 0) is 49.4 Å². The van der Waals surface area contributed by atoms with Crippen molar-refractivity contribution in [3.8, 4) is 0 Å². The summed E-state index contributed by atoms with van der Waals surface area (Å²) in [6, 6.07) is 15.2. The van der Waals surface area contributed by atoms with Gasteiger partial charge < -0.3 is 4.57 Å². The van der Waals surface area contributed by atoms with Gasteiger partial charge in [-0.1, -0.05) is 53.7 Å². The molecule has 2 aromatic carbocycles. The van der Waals surface area contributed by atoms with Crippen molar-refractivity contribution in [1.82, 2.24) is 19.5 Å². The van der Waals surface area contributed by atoms with Crippen molar-refractivity contribution in [1.29, 1.82) is 0 Å². The van der Waals surface area contributed by atoms with Gasteiger partial charge in [0.25, 0.3) is 0 Å². The van der Waals surface area contributed by atoms with Crippen LogP contribution in [-0.2, 0) is 23.0 Å². The second-order valence-electron chi connectivity index (χ2n) is 6.11. The van der Waals surface area contributed by atoms with Crippen molar-refractivity contribution < 1.29 is 8.42 Å². The third-order valence-electron chi connectivity index (χ3n) is 4.26. The van der Waals surface area contributed by atoms with Crippen molar-refractivity contribution in [2.75, 3.05) is 6.26 Å². The number of nitrogens with one attached hydrogen (secondary N) is 1. The highest BCUT2D eigenvalue weighted by Crippen LogP contribution is 2.24. The van der Waals surface area contributed by atoms with E-state index in [4.69, 9.17) is 11.6 Å². The van der Waals surface area contributed by atoms with Crippen LogP contribution >= 0.6 is 23.4 Å². The molecule has 0 saturated heterocycles. The first-order chi connectivity index (χ1) is 13.4. The molecule has 0 aliphatic heterocycles. The average molecular weight is 437 g/mol. The number of hydrogen-bond acceptors (Lipinski definition) is 5. The Labute approximate surface area is 174 Å². The molecule has 0 amide bonds. The molecule has 3 aromatic rings. The molecule has 0 fully saturated rings. The maximum absolute atomic E-state index is 13.0. The molecule has 1 unspecified atom stereocenters. The summed E-state index contributed by atoms with van der Waals surface area (Å²) in [5, 5.41) is 9.73. The molecular weight excluding hydrogens is 416 g/mol. The molecule has 1 heterocycles. The summed E-state index contributed by atoms with van der Waals surface area (Å²) >= 11 is 7.37. The average Bonchev–Trinajstić information content (AvgIpc) is 3.11. The summed E-state index contributed by atoms with van der Waals surface area (Å²) in [5.74, 6) is 0.591. The number of aromatic nitrogens is 3. The van der Waals surface area contributed by atoms with E-state index in [9.17, 15) is 8.42 Å². The fourth-order valence-electron chi connectivity index (χ4n) is 2.91. The number of sulfonamides is 1. The van der Waals surface area contributed by atoms with E-state index in [0.29, 0.717) is 23.8 Å². The van der Waals surface area contributed by atoms with Gasteiger partial charge in [-0.25, -0.2) is 13.1 Å². The summed E-state index contributed by atoms with van der Waals surface area (Å²) in [7, 11) is -3.76. The zero-order valence-electron chi connectivity index (χ0n) is 15.5. The molecule has 28 heavy (non-hydrogen) atoms. The minimum Gasteiger partial charge on any atom is -0.305 e. The first-order valence-electron chi connectivity index (χ1n) is 8.73. The van der Waals surface area contributed by atoms with Gasteiger partial charge in [-0.2, -0.15) is 0 Å². The zero-order valence-corrected chi connectivity index (χ0v) is 17.9. The summed E-state index contributed by atoms with van der Waals surface area (Å²) in [6.07, 6.45) is 2.38. The lowest BCUT2D eigenvalue weighted by molar-refractivity contribution is 0.518. The van der Waals surface area contributed by atoms with Gasteiger partial charge in [-0.3, -0.25) is 0 Å². The van der Waals surface area contributed by atoms with E-state index in [1.165, 1.54) is 23.9 Å². The normalized spacial score (nSPS) is 12.8. The lowest BCUT2D eigenvalue weighted by Gasteiger charge is -2.19. The molecule has 0 bridgehead atoms. The van der Waals surface area contributed by atoms with Gasteiger partial charge in [0.05, 0.1) is 10.9 Å². The number of rotatable bonds is 8. The van der Waals surface area contributed by atoms with E-state index in [2.05, 4.69) is 14.9 Å². The lowest BCUT2D eigenvalue weighted by atomic mass is 10.1. The van der Waals surface area contributed by atoms with E-state index >= 15 is 0 Å². The Morgan fingerprint density at radius 3 is 2.39 bits per heavy atom. The molecule has 0 aliphatic carbocycles. The molecule has 1 atom stereocenters. The third kappa shape index (κ3) is 4.75. The van der Waals surface area contributed by atoms with E-state index < -0.39 is 16.1 Å². The van der Waals surface area contributed by atoms with Gasteiger partial charge in [0.1, 0.15) is 0 Å². The standard InChI is InChI=1S/C19H21ClN4O2S2/c1-3-24-18(21-22-19(24)27-2)17(13-14-7-5-4-6-8-14)23-28(25,26)16-11-9-15(20)10-12-16/h4-12,17,23H,3,13H2,1-2H3.